The molecule has 18 heavy (non-hydrogen) atoms. The van der Waals surface area contributed by atoms with Crippen molar-refractivity contribution in [3.8, 4) is 0 Å². The summed E-state index contributed by atoms with van der Waals surface area (Å²) in [6, 6.07) is 11.2. The zero-order valence-electron chi connectivity index (χ0n) is 10.3. The number of rotatable bonds is 4. The summed E-state index contributed by atoms with van der Waals surface area (Å²) in [4.78, 5) is 1.37. The van der Waals surface area contributed by atoms with E-state index in [-0.39, 0.29) is 6.04 Å². The van der Waals surface area contributed by atoms with E-state index in [1.165, 1.54) is 23.4 Å². The molecule has 0 saturated carbocycles. The van der Waals surface area contributed by atoms with E-state index in [9.17, 15) is 0 Å². The molecule has 2 rings (SSSR count). The zero-order chi connectivity index (χ0) is 13.1. The molecule has 1 aromatic heterocycles. The maximum atomic E-state index is 3.58. The molecule has 1 heterocycles. The molecule has 0 radical (unpaired) electrons. The first-order chi connectivity index (χ1) is 8.61. The highest BCUT2D eigenvalue weighted by molar-refractivity contribution is 14.1. The van der Waals surface area contributed by atoms with Crippen molar-refractivity contribution >= 4 is 49.9 Å². The fourth-order valence-corrected chi connectivity index (χ4v) is 4.36. The summed E-state index contributed by atoms with van der Waals surface area (Å²) in [6.07, 6.45) is 0. The number of nitrogens with one attached hydrogen (secondary N) is 1. The van der Waals surface area contributed by atoms with Crippen LogP contribution in [0, 0.1) is 10.5 Å². The molecule has 1 unspecified atom stereocenters. The lowest BCUT2D eigenvalue weighted by atomic mass is 9.99. The largest absolute Gasteiger partial charge is 0.306 e. The van der Waals surface area contributed by atoms with E-state index in [1.54, 1.807) is 11.3 Å². The quantitative estimate of drug-likeness (QED) is 0.657. The van der Waals surface area contributed by atoms with Gasteiger partial charge >= 0.3 is 0 Å². The average molecular weight is 436 g/mol. The monoisotopic (exact) mass is 435 g/mol. The fourth-order valence-electron chi connectivity index (χ4n) is 2.04. The third-order valence-electron chi connectivity index (χ3n) is 2.83. The van der Waals surface area contributed by atoms with Gasteiger partial charge in [-0.05, 0) is 81.3 Å². The number of aryl methyl sites for hydroxylation is 1. The van der Waals surface area contributed by atoms with Crippen LogP contribution in [-0.2, 0) is 0 Å². The molecule has 1 nitrogen and oxygen atoms in total. The topological polar surface area (TPSA) is 12.0 Å². The van der Waals surface area contributed by atoms with Gasteiger partial charge in [-0.15, -0.1) is 11.3 Å². The highest BCUT2D eigenvalue weighted by atomic mass is 127. The van der Waals surface area contributed by atoms with Crippen LogP contribution in [0.4, 0.5) is 0 Å². The second-order valence-electron chi connectivity index (χ2n) is 4.11. The van der Waals surface area contributed by atoms with Gasteiger partial charge in [0.1, 0.15) is 0 Å². The van der Waals surface area contributed by atoms with Crippen LogP contribution < -0.4 is 5.32 Å². The first kappa shape index (κ1) is 14.5. The van der Waals surface area contributed by atoms with Crippen molar-refractivity contribution in [1.82, 2.24) is 5.32 Å². The van der Waals surface area contributed by atoms with Crippen LogP contribution >= 0.6 is 49.9 Å². The van der Waals surface area contributed by atoms with Crippen molar-refractivity contribution in [3.63, 3.8) is 0 Å². The van der Waals surface area contributed by atoms with Gasteiger partial charge < -0.3 is 5.32 Å². The van der Waals surface area contributed by atoms with E-state index in [2.05, 4.69) is 88.0 Å². The van der Waals surface area contributed by atoms with Crippen molar-refractivity contribution in [2.75, 3.05) is 6.54 Å². The van der Waals surface area contributed by atoms with Crippen LogP contribution in [-0.4, -0.2) is 6.54 Å². The van der Waals surface area contributed by atoms with E-state index >= 15 is 0 Å². The Balaban J connectivity index is 2.42. The molecule has 4 heteroatoms. The Morgan fingerprint density at radius 1 is 1.39 bits per heavy atom. The van der Waals surface area contributed by atoms with Gasteiger partial charge in [0.2, 0.25) is 0 Å². The van der Waals surface area contributed by atoms with E-state index in [4.69, 9.17) is 0 Å². The summed E-state index contributed by atoms with van der Waals surface area (Å²) in [5.74, 6) is 0. The standard InChI is InChI=1S/C14H15BrINS/c1-3-17-14(10-5-4-6-11(16)7-10)12-8-13(15)18-9(12)2/h4-8,14,17H,3H2,1-2H3. The number of hydrogen-bond acceptors (Lipinski definition) is 2. The molecular formula is C14H15BrINS. The van der Waals surface area contributed by atoms with Crippen molar-refractivity contribution in [2.24, 2.45) is 0 Å². The summed E-state index contributed by atoms with van der Waals surface area (Å²) in [6.45, 7) is 5.30. The van der Waals surface area contributed by atoms with Crippen molar-refractivity contribution in [2.45, 2.75) is 19.9 Å². The van der Waals surface area contributed by atoms with Crippen molar-refractivity contribution in [1.29, 1.82) is 0 Å². The Hall–Kier alpha value is 0.0900. The minimum atomic E-state index is 0.285. The molecule has 96 valence electrons. The Kier molecular flexibility index (Phi) is 5.24. The lowest BCUT2D eigenvalue weighted by molar-refractivity contribution is 0.629. The molecule has 1 atom stereocenters. The number of benzene rings is 1. The van der Waals surface area contributed by atoms with Gasteiger partial charge in [-0.3, -0.25) is 0 Å². The molecule has 1 N–H and O–H groups in total. The molecule has 0 spiro atoms. The molecule has 0 saturated heterocycles. The Morgan fingerprint density at radius 2 is 2.17 bits per heavy atom. The van der Waals surface area contributed by atoms with Crippen LogP contribution in [0.2, 0.25) is 0 Å². The third kappa shape index (κ3) is 3.35. The zero-order valence-corrected chi connectivity index (χ0v) is 14.9. The minimum Gasteiger partial charge on any atom is -0.306 e. The predicted molar refractivity (Wildman–Crippen MR) is 91.4 cm³/mol. The maximum Gasteiger partial charge on any atom is 0.0704 e. The molecule has 0 aliphatic heterocycles. The maximum absolute atomic E-state index is 3.58. The summed E-state index contributed by atoms with van der Waals surface area (Å²) in [5.41, 5.74) is 2.70. The van der Waals surface area contributed by atoms with Gasteiger partial charge in [-0.2, -0.15) is 0 Å². The molecule has 2 aromatic rings. The number of halogens is 2. The molecule has 0 fully saturated rings. The van der Waals surface area contributed by atoms with Gasteiger partial charge in [0.05, 0.1) is 9.83 Å². The normalized spacial score (nSPS) is 12.7. The van der Waals surface area contributed by atoms with Crippen LogP contribution in [0.5, 0.6) is 0 Å². The Labute approximate surface area is 134 Å². The molecule has 0 amide bonds. The molecule has 0 aliphatic carbocycles. The summed E-state index contributed by atoms with van der Waals surface area (Å²) in [5, 5.41) is 3.58. The van der Waals surface area contributed by atoms with Crippen molar-refractivity contribution in [3.05, 3.63) is 53.7 Å². The average Bonchev–Trinajstić information content (AvgIpc) is 2.65. The summed E-state index contributed by atoms with van der Waals surface area (Å²) in [7, 11) is 0. The number of thiophene rings is 1. The summed E-state index contributed by atoms with van der Waals surface area (Å²) < 4.78 is 2.48. The first-order valence-electron chi connectivity index (χ1n) is 5.86. The first-order valence-corrected chi connectivity index (χ1v) is 8.55. The second-order valence-corrected chi connectivity index (χ2v) is 7.99. The number of hydrogen-bond donors (Lipinski definition) is 1. The molecule has 1 aromatic carbocycles. The van der Waals surface area contributed by atoms with E-state index in [1.807, 2.05) is 0 Å². The third-order valence-corrected chi connectivity index (χ3v) is 5.07. The lowest BCUT2D eigenvalue weighted by Gasteiger charge is -2.19. The van der Waals surface area contributed by atoms with E-state index in [0.29, 0.717) is 0 Å². The second kappa shape index (κ2) is 6.50. The van der Waals surface area contributed by atoms with Gasteiger partial charge in [0, 0.05) is 8.45 Å². The van der Waals surface area contributed by atoms with Crippen LogP contribution in [0.3, 0.4) is 0 Å². The smallest absolute Gasteiger partial charge is 0.0704 e. The van der Waals surface area contributed by atoms with Crippen molar-refractivity contribution < 1.29 is 0 Å². The lowest BCUT2D eigenvalue weighted by Crippen LogP contribution is -2.22. The fraction of sp³-hybridized carbons (Fsp3) is 0.286. The van der Waals surface area contributed by atoms with Gasteiger partial charge in [-0.25, -0.2) is 0 Å². The van der Waals surface area contributed by atoms with Crippen LogP contribution in [0.25, 0.3) is 0 Å². The highest BCUT2D eigenvalue weighted by Crippen LogP contribution is 2.33. The molecular weight excluding hydrogens is 421 g/mol. The van der Waals surface area contributed by atoms with Gasteiger partial charge in [-0.1, -0.05) is 19.1 Å². The van der Waals surface area contributed by atoms with E-state index < -0.39 is 0 Å². The van der Waals surface area contributed by atoms with E-state index in [0.717, 1.165) is 6.54 Å². The predicted octanol–water partition coefficient (Wildman–Crippen LogP) is 5.12. The SMILES string of the molecule is CCNC(c1cccc(I)c1)c1cc(Br)sc1C. The van der Waals surface area contributed by atoms with Crippen LogP contribution in [0.15, 0.2) is 34.1 Å². The van der Waals surface area contributed by atoms with Crippen LogP contribution in [0.1, 0.15) is 29.0 Å². The van der Waals surface area contributed by atoms with Gasteiger partial charge in [0.25, 0.3) is 0 Å². The van der Waals surface area contributed by atoms with Gasteiger partial charge in [0.15, 0.2) is 0 Å². The Bertz CT molecular complexity index is 538. The highest BCUT2D eigenvalue weighted by Gasteiger charge is 2.17. The Morgan fingerprint density at radius 3 is 2.72 bits per heavy atom. The minimum absolute atomic E-state index is 0.285. The molecule has 0 bridgehead atoms. The summed E-state index contributed by atoms with van der Waals surface area (Å²) >= 11 is 7.74. The molecule has 0 aliphatic rings.